The molecule has 60 heavy (non-hydrogen) atoms. The molecule has 7 rings (SSSR count). The zero-order chi connectivity index (χ0) is 44.5. The lowest BCUT2D eigenvalue weighted by atomic mass is 10.1. The van der Waals surface area contributed by atoms with Crippen LogP contribution < -0.4 is 31.3 Å². The Hall–Kier alpha value is -6.24. The first-order valence-corrected chi connectivity index (χ1v) is 17.3. The van der Waals surface area contributed by atoms with Gasteiger partial charge in [0.2, 0.25) is 15.4 Å². The number of aromatic nitrogens is 3. The zero-order valence-corrected chi connectivity index (χ0v) is 29.7. The molecule has 0 atom stereocenters. The van der Waals surface area contributed by atoms with Gasteiger partial charge in [0.05, 0.1) is 16.7 Å². The predicted molar refractivity (Wildman–Crippen MR) is 170 cm³/mol. The maximum absolute atomic E-state index is 16.7. The second-order valence-corrected chi connectivity index (χ2v) is 14.5. The van der Waals surface area contributed by atoms with Crippen molar-refractivity contribution < 1.29 is 79.0 Å². The molecule has 0 spiro atoms. The third-order valence-corrected chi connectivity index (χ3v) is 11.0. The van der Waals surface area contributed by atoms with Crippen molar-refractivity contribution in [1.29, 1.82) is 15.8 Å². The normalized spacial score (nSPS) is 15.2. The largest absolute Gasteiger partial charge is 0.437 e. The molecule has 3 heterocycles. The van der Waals surface area contributed by atoms with Gasteiger partial charge in [0.15, 0.2) is 17.1 Å². The highest BCUT2D eigenvalue weighted by molar-refractivity contribution is 7.12. The fraction of sp³-hybridized carbons (Fsp3) is 0.0909. The van der Waals surface area contributed by atoms with E-state index in [1.54, 1.807) is 0 Å². The van der Waals surface area contributed by atoms with Crippen molar-refractivity contribution in [3.8, 4) is 18.2 Å². The summed E-state index contributed by atoms with van der Waals surface area (Å²) in [7, 11) is 0. The number of hydrogen-bond acceptors (Lipinski definition) is 9. The van der Waals surface area contributed by atoms with Gasteiger partial charge in [0.25, 0.3) is 0 Å². The van der Waals surface area contributed by atoms with Crippen LogP contribution in [0.5, 0.6) is 0 Å². The number of halogens is 18. The molecule has 0 saturated carbocycles. The van der Waals surface area contributed by atoms with Crippen molar-refractivity contribution in [2.24, 2.45) is 0 Å². The SMILES string of the molecule is N#CC(=C1C(F)=c2c3c(c4c(c2=C1F)=C(F)C(=C(C#N)c1nc(C(F)(F)F)c(F)s1)C=4F)=C(F)C(=C(C#N)c1nc(C(F)(F)F)c(F)s1)C=3F)c1nc(C(F)(F)F)c(F)s1. The molecule has 0 N–H and O–H groups in total. The van der Waals surface area contributed by atoms with Gasteiger partial charge in [0.1, 0.15) is 84.9 Å². The monoisotopic (exact) mass is 918 g/mol. The van der Waals surface area contributed by atoms with Crippen molar-refractivity contribution in [3.63, 3.8) is 0 Å². The van der Waals surface area contributed by atoms with Gasteiger partial charge in [-0.3, -0.25) is 0 Å². The number of fused-ring (bicyclic) bond motifs is 6. The Morgan fingerprint density at radius 2 is 0.550 bits per heavy atom. The Balaban J connectivity index is 1.75. The summed E-state index contributed by atoms with van der Waals surface area (Å²) < 4.78 is 263. The molecule has 0 unspecified atom stereocenters. The second kappa shape index (κ2) is 13.7. The van der Waals surface area contributed by atoms with E-state index in [9.17, 15) is 68.5 Å². The van der Waals surface area contributed by atoms with Gasteiger partial charge in [-0.15, -0.1) is 0 Å². The number of rotatable bonds is 3. The first-order chi connectivity index (χ1) is 27.8. The Labute approximate surface area is 327 Å². The summed E-state index contributed by atoms with van der Waals surface area (Å²) in [5.41, 5.74) is -17.6. The summed E-state index contributed by atoms with van der Waals surface area (Å²) in [5, 5.41) is 8.07. The number of allylic oxidation sites excluding steroid dienone is 6. The third kappa shape index (κ3) is 5.95. The van der Waals surface area contributed by atoms with Gasteiger partial charge in [-0.25, -0.2) is 41.3 Å². The molecule has 3 aliphatic carbocycles. The quantitative estimate of drug-likeness (QED) is 0.162. The fourth-order valence-corrected chi connectivity index (χ4v) is 8.59. The topological polar surface area (TPSA) is 110 Å². The minimum absolute atomic E-state index is 0.629. The first-order valence-electron chi connectivity index (χ1n) is 14.9. The Kier molecular flexibility index (Phi) is 9.53. The second-order valence-electron chi connectivity index (χ2n) is 11.6. The van der Waals surface area contributed by atoms with Crippen LogP contribution in [0.1, 0.15) is 32.1 Å². The van der Waals surface area contributed by atoms with Crippen LogP contribution in [0, 0.1) is 49.4 Å². The maximum Gasteiger partial charge on any atom is 0.437 e. The lowest BCUT2D eigenvalue weighted by Crippen LogP contribution is -2.64. The lowest BCUT2D eigenvalue weighted by molar-refractivity contribution is -0.143. The molecule has 6 nitrogen and oxygen atoms in total. The number of nitriles is 3. The summed E-state index contributed by atoms with van der Waals surface area (Å²) in [4.78, 5) is 8.43. The van der Waals surface area contributed by atoms with E-state index in [-0.39, 0.29) is 0 Å². The fourth-order valence-electron chi connectivity index (χ4n) is 6.15. The molecule has 3 aliphatic rings. The summed E-state index contributed by atoms with van der Waals surface area (Å²) in [6, 6.07) is 3.05. The molecule has 0 bridgehead atoms. The Morgan fingerprint density at radius 1 is 0.367 bits per heavy atom. The maximum atomic E-state index is 16.7. The van der Waals surface area contributed by atoms with E-state index in [2.05, 4.69) is 15.0 Å². The third-order valence-electron chi connectivity index (χ3n) is 8.42. The van der Waals surface area contributed by atoms with Gasteiger partial charge in [-0.2, -0.15) is 68.5 Å². The van der Waals surface area contributed by atoms with Gasteiger partial charge in [-0.05, 0) is 0 Å². The molecular weight excluding hydrogens is 919 g/mol. The van der Waals surface area contributed by atoms with Gasteiger partial charge in [-0.1, -0.05) is 34.0 Å². The van der Waals surface area contributed by atoms with Gasteiger partial charge < -0.3 is 0 Å². The van der Waals surface area contributed by atoms with Crippen molar-refractivity contribution in [3.05, 3.63) is 95.5 Å². The van der Waals surface area contributed by atoms with E-state index >= 15 is 26.3 Å². The molecule has 27 heteroatoms. The van der Waals surface area contributed by atoms with Gasteiger partial charge >= 0.3 is 18.5 Å². The number of thiazole rings is 3. The summed E-state index contributed by atoms with van der Waals surface area (Å²) in [6.45, 7) is 0. The van der Waals surface area contributed by atoms with E-state index in [0.29, 0.717) is 0 Å². The molecule has 1 aromatic carbocycles. The van der Waals surface area contributed by atoms with Crippen LogP contribution in [0.4, 0.5) is 79.0 Å². The van der Waals surface area contributed by atoms with Crippen LogP contribution in [-0.4, -0.2) is 15.0 Å². The highest BCUT2D eigenvalue weighted by Crippen LogP contribution is 2.43. The number of hydrogen-bond donors (Lipinski definition) is 0. The molecule has 3 aromatic heterocycles. The van der Waals surface area contributed by atoms with Crippen LogP contribution in [0.25, 0.3) is 51.7 Å². The lowest BCUT2D eigenvalue weighted by Gasteiger charge is -2.02. The van der Waals surface area contributed by atoms with Crippen LogP contribution in [-0.2, 0) is 18.5 Å². The molecule has 0 saturated heterocycles. The Morgan fingerprint density at radius 3 is 0.683 bits per heavy atom. The van der Waals surface area contributed by atoms with E-state index in [1.165, 1.54) is 0 Å². The van der Waals surface area contributed by atoms with Crippen LogP contribution in [0.2, 0.25) is 0 Å². The minimum atomic E-state index is -5.59. The molecule has 306 valence electrons. The highest BCUT2D eigenvalue weighted by Gasteiger charge is 2.44. The first kappa shape index (κ1) is 41.9. The molecule has 0 aliphatic heterocycles. The highest BCUT2D eigenvalue weighted by atomic mass is 32.1. The number of nitrogens with zero attached hydrogens (tertiary/aromatic N) is 6. The minimum Gasteiger partial charge on any atom is -0.228 e. The Bertz CT molecular complexity index is 2860. The summed E-state index contributed by atoms with van der Waals surface area (Å²) >= 11 is -1.89. The van der Waals surface area contributed by atoms with E-state index in [1.807, 2.05) is 0 Å². The van der Waals surface area contributed by atoms with Crippen molar-refractivity contribution in [2.75, 3.05) is 0 Å². The number of alkyl halides is 9. The van der Waals surface area contributed by atoms with Crippen LogP contribution in [0.3, 0.4) is 0 Å². The molecule has 0 amide bonds. The summed E-state index contributed by atoms with van der Waals surface area (Å²) in [6.07, 6.45) is -16.8. The molecule has 4 aromatic rings. The molecule has 0 fully saturated rings. The van der Waals surface area contributed by atoms with Crippen LogP contribution in [0.15, 0.2) is 16.7 Å². The zero-order valence-electron chi connectivity index (χ0n) is 27.2. The average molecular weight is 919 g/mol. The van der Waals surface area contributed by atoms with Gasteiger partial charge in [0, 0.05) is 31.3 Å². The average Bonchev–Trinajstić information content (AvgIpc) is 3.97. The number of benzene rings is 1. The molecular formula is C33F18N6S3. The standard InChI is InChI=1S/C33F18N6S3/c34-16-7(4(1-52)28-55-22(25(40)58-28)31(43,44)45)17(35)11-10(16)12-14(20(38)8(18(12)36)5(2-53)29-56-23(26(41)59-29)32(46,47)48)15-13(11)19(37)9(21(15)39)6(3-54)30-57-24(27(42)60-30)33(49,50)51. The smallest absolute Gasteiger partial charge is 0.228 e. The van der Waals surface area contributed by atoms with Crippen molar-refractivity contribution >= 4 is 85.7 Å². The van der Waals surface area contributed by atoms with Crippen molar-refractivity contribution in [2.45, 2.75) is 18.5 Å². The molecule has 0 radical (unpaired) electrons. The summed E-state index contributed by atoms with van der Waals surface area (Å²) in [5.74, 6) is -14.0. The van der Waals surface area contributed by atoms with E-state index in [4.69, 9.17) is 0 Å². The van der Waals surface area contributed by atoms with Crippen molar-refractivity contribution in [1.82, 2.24) is 15.0 Å². The predicted octanol–water partition coefficient (Wildman–Crippen LogP) is 6.97. The van der Waals surface area contributed by atoms with E-state index in [0.717, 1.165) is 18.2 Å². The van der Waals surface area contributed by atoms with E-state index < -0.39 is 200 Å². The van der Waals surface area contributed by atoms with Crippen LogP contribution >= 0.6 is 34.0 Å².